The first kappa shape index (κ1) is 15.0. The number of nitrogens with zero attached hydrogens (tertiary/aromatic N) is 2. The van der Waals surface area contributed by atoms with E-state index in [1.807, 2.05) is 25.3 Å². The minimum atomic E-state index is -1.01. The number of carboxylic acid groups (broad SMARTS) is 1. The molecule has 0 spiro atoms. The van der Waals surface area contributed by atoms with Gasteiger partial charge in [-0.3, -0.25) is 4.79 Å². The fraction of sp³-hybridized carbons (Fsp3) is 0.400. The number of primary amides is 1. The Morgan fingerprint density at radius 3 is 2.57 bits per heavy atom. The zero-order valence-electron chi connectivity index (χ0n) is 12.4. The van der Waals surface area contributed by atoms with Gasteiger partial charge in [0.05, 0.1) is 16.6 Å². The second kappa shape index (κ2) is 5.20. The Morgan fingerprint density at radius 1 is 1.38 bits per heavy atom. The van der Waals surface area contributed by atoms with Crippen molar-refractivity contribution in [2.75, 3.05) is 0 Å². The summed E-state index contributed by atoms with van der Waals surface area (Å²) in [6.07, 6.45) is 0.745. The van der Waals surface area contributed by atoms with E-state index in [2.05, 4.69) is 4.98 Å². The highest BCUT2D eigenvalue weighted by Gasteiger charge is 2.29. The van der Waals surface area contributed by atoms with Crippen molar-refractivity contribution < 1.29 is 14.7 Å². The number of carboxylic acids is 1. The van der Waals surface area contributed by atoms with Crippen LogP contribution in [0.25, 0.3) is 11.0 Å². The van der Waals surface area contributed by atoms with E-state index in [0.717, 1.165) is 5.82 Å². The van der Waals surface area contributed by atoms with Gasteiger partial charge in [-0.25, -0.2) is 9.78 Å². The molecule has 0 radical (unpaired) electrons. The van der Waals surface area contributed by atoms with Crippen molar-refractivity contribution in [2.24, 2.45) is 5.73 Å². The Balaban J connectivity index is 2.82. The summed E-state index contributed by atoms with van der Waals surface area (Å²) in [4.78, 5) is 27.3. The van der Waals surface area contributed by atoms with Crippen LogP contribution in [0.3, 0.4) is 0 Å². The van der Waals surface area contributed by atoms with E-state index in [0.29, 0.717) is 17.5 Å². The molecule has 0 saturated heterocycles. The Bertz CT molecular complexity index is 716. The van der Waals surface area contributed by atoms with E-state index in [-0.39, 0.29) is 12.0 Å². The number of nitrogens with two attached hydrogens (primary N) is 1. The molecule has 0 bridgehead atoms. The van der Waals surface area contributed by atoms with Gasteiger partial charge in [-0.15, -0.1) is 0 Å². The van der Waals surface area contributed by atoms with Crippen molar-refractivity contribution in [3.05, 3.63) is 29.6 Å². The number of benzene rings is 1. The lowest BCUT2D eigenvalue weighted by molar-refractivity contribution is -0.119. The Kier molecular flexibility index (Phi) is 3.72. The molecule has 0 atom stereocenters. The van der Waals surface area contributed by atoms with Gasteiger partial charge in [0, 0.05) is 18.4 Å². The number of aromatic nitrogens is 2. The standard InChI is InChI=1S/C15H19N3O3/c1-4-12-17-10-7-5-6-9(14(20)21)13(10)18(12)15(2,3)8-11(16)19/h5-7H,4,8H2,1-3H3,(H2,16,19)(H,20,21). The second-order valence-electron chi connectivity index (χ2n) is 5.65. The van der Waals surface area contributed by atoms with Gasteiger partial charge in [-0.05, 0) is 26.0 Å². The molecule has 0 aliphatic carbocycles. The topological polar surface area (TPSA) is 98.2 Å². The number of para-hydroxylation sites is 1. The molecular weight excluding hydrogens is 270 g/mol. The predicted molar refractivity (Wildman–Crippen MR) is 79.2 cm³/mol. The first-order chi connectivity index (χ1) is 9.77. The molecule has 6 heteroatoms. The fourth-order valence-electron chi connectivity index (χ4n) is 2.74. The molecule has 1 aromatic carbocycles. The van der Waals surface area contributed by atoms with E-state index in [4.69, 9.17) is 5.73 Å². The summed E-state index contributed by atoms with van der Waals surface area (Å²) in [5.41, 5.74) is 6.02. The Labute approximate surface area is 122 Å². The number of fused-ring (bicyclic) bond motifs is 1. The molecule has 6 nitrogen and oxygen atoms in total. The zero-order valence-corrected chi connectivity index (χ0v) is 12.4. The largest absolute Gasteiger partial charge is 0.478 e. The van der Waals surface area contributed by atoms with Crippen LogP contribution >= 0.6 is 0 Å². The molecule has 2 aromatic rings. The summed E-state index contributed by atoms with van der Waals surface area (Å²) in [5, 5.41) is 9.40. The van der Waals surface area contributed by atoms with Crippen molar-refractivity contribution in [2.45, 2.75) is 39.2 Å². The maximum atomic E-state index is 11.5. The van der Waals surface area contributed by atoms with Crippen molar-refractivity contribution >= 4 is 22.9 Å². The normalized spacial score (nSPS) is 11.8. The minimum absolute atomic E-state index is 0.111. The third-order valence-electron chi connectivity index (χ3n) is 3.50. The first-order valence-electron chi connectivity index (χ1n) is 6.80. The lowest BCUT2D eigenvalue weighted by atomic mass is 9.98. The molecule has 0 aliphatic heterocycles. The minimum Gasteiger partial charge on any atom is -0.478 e. The summed E-state index contributed by atoms with van der Waals surface area (Å²) >= 11 is 0. The Hall–Kier alpha value is -2.37. The summed E-state index contributed by atoms with van der Waals surface area (Å²) in [7, 11) is 0. The van der Waals surface area contributed by atoms with Crippen LogP contribution in [0.4, 0.5) is 0 Å². The molecule has 112 valence electrons. The Morgan fingerprint density at radius 2 is 2.05 bits per heavy atom. The number of hydrogen-bond donors (Lipinski definition) is 2. The molecule has 3 N–H and O–H groups in total. The summed E-state index contributed by atoms with van der Waals surface area (Å²) in [6, 6.07) is 4.99. The summed E-state index contributed by atoms with van der Waals surface area (Å²) in [5.74, 6) is -0.707. The number of carbonyl (C=O) groups excluding carboxylic acids is 1. The molecule has 0 fully saturated rings. The fourth-order valence-corrected chi connectivity index (χ4v) is 2.74. The summed E-state index contributed by atoms with van der Waals surface area (Å²) in [6.45, 7) is 5.66. The highest BCUT2D eigenvalue weighted by molar-refractivity contribution is 6.01. The molecule has 0 unspecified atom stereocenters. The van der Waals surface area contributed by atoms with Crippen LogP contribution in [0, 0.1) is 0 Å². The number of imidazole rings is 1. The van der Waals surface area contributed by atoms with Gasteiger partial charge in [0.2, 0.25) is 5.91 Å². The SMILES string of the molecule is CCc1nc2cccc(C(=O)O)c2n1C(C)(C)CC(N)=O. The van der Waals surface area contributed by atoms with Gasteiger partial charge < -0.3 is 15.4 Å². The van der Waals surface area contributed by atoms with Crippen molar-refractivity contribution in [3.63, 3.8) is 0 Å². The number of amides is 1. The van der Waals surface area contributed by atoms with Crippen LogP contribution in [0.5, 0.6) is 0 Å². The summed E-state index contributed by atoms with van der Waals surface area (Å²) < 4.78 is 1.83. The van der Waals surface area contributed by atoms with Crippen LogP contribution in [0.2, 0.25) is 0 Å². The number of aryl methyl sites for hydroxylation is 1. The van der Waals surface area contributed by atoms with E-state index < -0.39 is 17.4 Å². The highest BCUT2D eigenvalue weighted by atomic mass is 16.4. The molecule has 0 saturated carbocycles. The van der Waals surface area contributed by atoms with E-state index in [1.54, 1.807) is 18.2 Å². The third kappa shape index (κ3) is 2.61. The van der Waals surface area contributed by atoms with Gasteiger partial charge in [0.25, 0.3) is 0 Å². The average molecular weight is 289 g/mol. The smallest absolute Gasteiger partial charge is 0.337 e. The third-order valence-corrected chi connectivity index (χ3v) is 3.50. The van der Waals surface area contributed by atoms with Crippen LogP contribution in [0.15, 0.2) is 18.2 Å². The molecular formula is C15H19N3O3. The molecule has 1 aromatic heterocycles. The van der Waals surface area contributed by atoms with Crippen molar-refractivity contribution in [1.82, 2.24) is 9.55 Å². The molecule has 2 rings (SSSR count). The van der Waals surface area contributed by atoms with Crippen LogP contribution in [0.1, 0.15) is 43.4 Å². The maximum absolute atomic E-state index is 11.5. The van der Waals surface area contributed by atoms with Gasteiger partial charge in [0.1, 0.15) is 5.82 Å². The first-order valence-corrected chi connectivity index (χ1v) is 6.80. The highest BCUT2D eigenvalue weighted by Crippen LogP contribution is 2.30. The predicted octanol–water partition coefficient (Wildman–Crippen LogP) is 1.91. The number of rotatable bonds is 5. The van der Waals surface area contributed by atoms with Gasteiger partial charge in [-0.2, -0.15) is 0 Å². The van der Waals surface area contributed by atoms with E-state index in [9.17, 15) is 14.7 Å². The van der Waals surface area contributed by atoms with Crippen molar-refractivity contribution in [3.8, 4) is 0 Å². The van der Waals surface area contributed by atoms with E-state index in [1.165, 1.54) is 0 Å². The number of carbonyl (C=O) groups is 2. The van der Waals surface area contributed by atoms with Crippen LogP contribution < -0.4 is 5.73 Å². The molecule has 21 heavy (non-hydrogen) atoms. The quantitative estimate of drug-likeness (QED) is 0.878. The zero-order chi connectivity index (χ0) is 15.8. The number of hydrogen-bond acceptors (Lipinski definition) is 3. The van der Waals surface area contributed by atoms with Crippen LogP contribution in [-0.2, 0) is 16.8 Å². The lowest BCUT2D eigenvalue weighted by Crippen LogP contribution is -2.33. The number of aromatic carboxylic acids is 1. The average Bonchev–Trinajstić information content (AvgIpc) is 2.75. The monoisotopic (exact) mass is 289 g/mol. The molecule has 1 heterocycles. The lowest BCUT2D eigenvalue weighted by Gasteiger charge is -2.28. The van der Waals surface area contributed by atoms with Crippen LogP contribution in [-0.4, -0.2) is 26.5 Å². The van der Waals surface area contributed by atoms with Gasteiger partial charge in [0.15, 0.2) is 0 Å². The van der Waals surface area contributed by atoms with Gasteiger partial charge >= 0.3 is 5.97 Å². The molecule has 1 amide bonds. The van der Waals surface area contributed by atoms with Gasteiger partial charge in [-0.1, -0.05) is 13.0 Å². The second-order valence-corrected chi connectivity index (χ2v) is 5.65. The van der Waals surface area contributed by atoms with Crippen molar-refractivity contribution in [1.29, 1.82) is 0 Å². The molecule has 0 aliphatic rings. The maximum Gasteiger partial charge on any atom is 0.337 e. The van der Waals surface area contributed by atoms with E-state index >= 15 is 0 Å².